The van der Waals surface area contributed by atoms with E-state index < -0.39 is 17.9 Å². The van der Waals surface area contributed by atoms with Gasteiger partial charge in [-0.15, -0.1) is 0 Å². The molecule has 8 nitrogen and oxygen atoms in total. The van der Waals surface area contributed by atoms with Crippen LogP contribution in [-0.2, 0) is 14.3 Å². The number of carbonyl (C=O) groups excluding carboxylic acids is 3. The van der Waals surface area contributed by atoms with Crippen LogP contribution in [0.3, 0.4) is 0 Å². The first kappa shape index (κ1) is 23.5. The molecular formula is C21H26BrN3O5S. The molecule has 1 heterocycles. The number of esters is 1. The lowest BCUT2D eigenvalue weighted by molar-refractivity contribution is -0.153. The highest BCUT2D eigenvalue weighted by Gasteiger charge is 2.35. The fourth-order valence-electron chi connectivity index (χ4n) is 3.83. The van der Waals surface area contributed by atoms with Gasteiger partial charge in [0.1, 0.15) is 17.9 Å². The predicted octanol–water partition coefficient (Wildman–Crippen LogP) is 2.54. The van der Waals surface area contributed by atoms with E-state index in [0.717, 1.165) is 32.1 Å². The van der Waals surface area contributed by atoms with Crippen molar-refractivity contribution in [2.24, 2.45) is 0 Å². The molecule has 3 rings (SSSR count). The summed E-state index contributed by atoms with van der Waals surface area (Å²) in [5.41, 5.74) is 0.300. The number of ether oxygens (including phenoxy) is 2. The van der Waals surface area contributed by atoms with Crippen LogP contribution in [0.2, 0.25) is 0 Å². The van der Waals surface area contributed by atoms with Crippen LogP contribution in [0.1, 0.15) is 48.9 Å². The van der Waals surface area contributed by atoms with E-state index in [2.05, 4.69) is 26.6 Å². The lowest BCUT2D eigenvalue weighted by Gasteiger charge is -2.36. The fourth-order valence-corrected chi connectivity index (χ4v) is 4.50. The number of methoxy groups -OCH3 is 1. The van der Waals surface area contributed by atoms with Gasteiger partial charge in [0.2, 0.25) is 5.91 Å². The SMILES string of the molecule is COc1ccc(Br)cc1C(=O)NC(=S)N1CCNC(=O)C1CC(=O)OC1CCCCC1. The van der Waals surface area contributed by atoms with Crippen LogP contribution in [0.4, 0.5) is 0 Å². The van der Waals surface area contributed by atoms with Crippen molar-refractivity contribution in [2.75, 3.05) is 20.2 Å². The van der Waals surface area contributed by atoms with E-state index in [1.54, 1.807) is 23.1 Å². The molecule has 2 fully saturated rings. The molecule has 10 heteroatoms. The highest BCUT2D eigenvalue weighted by molar-refractivity contribution is 9.10. The Morgan fingerprint density at radius 1 is 1.29 bits per heavy atom. The van der Waals surface area contributed by atoms with Crippen LogP contribution < -0.4 is 15.4 Å². The highest BCUT2D eigenvalue weighted by atomic mass is 79.9. The maximum absolute atomic E-state index is 12.8. The largest absolute Gasteiger partial charge is 0.496 e. The lowest BCUT2D eigenvalue weighted by Crippen LogP contribution is -2.60. The van der Waals surface area contributed by atoms with Crippen molar-refractivity contribution < 1.29 is 23.9 Å². The number of rotatable bonds is 5. The molecule has 168 valence electrons. The summed E-state index contributed by atoms with van der Waals surface area (Å²) < 4.78 is 11.5. The molecule has 1 aliphatic heterocycles. The van der Waals surface area contributed by atoms with Crippen LogP contribution in [0.25, 0.3) is 0 Å². The maximum Gasteiger partial charge on any atom is 0.308 e. The van der Waals surface area contributed by atoms with Gasteiger partial charge in [0.05, 0.1) is 19.1 Å². The van der Waals surface area contributed by atoms with Crippen molar-refractivity contribution >= 4 is 51.0 Å². The Labute approximate surface area is 195 Å². The molecule has 0 bridgehead atoms. The van der Waals surface area contributed by atoms with E-state index in [4.69, 9.17) is 21.7 Å². The number of halogens is 1. The molecule has 1 aromatic carbocycles. The van der Waals surface area contributed by atoms with Gasteiger partial charge in [-0.3, -0.25) is 19.7 Å². The Morgan fingerprint density at radius 3 is 2.74 bits per heavy atom. The second-order valence-electron chi connectivity index (χ2n) is 7.56. The summed E-state index contributed by atoms with van der Waals surface area (Å²) >= 11 is 8.75. The molecule has 1 atom stereocenters. The third-order valence-electron chi connectivity index (χ3n) is 5.43. The van der Waals surface area contributed by atoms with Gasteiger partial charge in [-0.25, -0.2) is 0 Å². The lowest BCUT2D eigenvalue weighted by atomic mass is 9.98. The van der Waals surface area contributed by atoms with Gasteiger partial charge >= 0.3 is 5.97 Å². The summed E-state index contributed by atoms with van der Waals surface area (Å²) in [5, 5.41) is 5.49. The highest BCUT2D eigenvalue weighted by Crippen LogP contribution is 2.24. The first-order valence-corrected chi connectivity index (χ1v) is 11.5. The van der Waals surface area contributed by atoms with Gasteiger partial charge in [-0.1, -0.05) is 22.4 Å². The summed E-state index contributed by atoms with van der Waals surface area (Å²) in [7, 11) is 1.47. The van der Waals surface area contributed by atoms with E-state index >= 15 is 0 Å². The van der Waals surface area contributed by atoms with Crippen LogP contribution in [-0.4, -0.2) is 60.1 Å². The van der Waals surface area contributed by atoms with Crippen molar-refractivity contribution in [3.8, 4) is 5.75 Å². The number of hydrogen-bond acceptors (Lipinski definition) is 6. The average Bonchev–Trinajstić information content (AvgIpc) is 2.75. The maximum atomic E-state index is 12.8. The summed E-state index contributed by atoms with van der Waals surface area (Å²) in [5.74, 6) is -0.810. The third kappa shape index (κ3) is 6.16. The molecule has 1 saturated carbocycles. The van der Waals surface area contributed by atoms with Gasteiger partial charge in [-0.2, -0.15) is 0 Å². The number of nitrogens with zero attached hydrogens (tertiary/aromatic N) is 1. The summed E-state index contributed by atoms with van der Waals surface area (Å²) in [6, 6.07) is 4.22. The van der Waals surface area contributed by atoms with Crippen molar-refractivity contribution in [2.45, 2.75) is 50.7 Å². The minimum absolute atomic E-state index is 0.0809. The first-order valence-electron chi connectivity index (χ1n) is 10.3. The molecule has 2 amide bonds. The Kier molecular flexibility index (Phi) is 8.25. The second-order valence-corrected chi connectivity index (χ2v) is 8.86. The molecule has 31 heavy (non-hydrogen) atoms. The molecule has 1 aromatic rings. The zero-order valence-corrected chi connectivity index (χ0v) is 19.7. The molecule has 1 saturated heterocycles. The molecular weight excluding hydrogens is 486 g/mol. The normalized spacial score (nSPS) is 19.4. The van der Waals surface area contributed by atoms with Gasteiger partial charge in [0.25, 0.3) is 5.91 Å². The Hall–Kier alpha value is -2.20. The van der Waals surface area contributed by atoms with Crippen LogP contribution in [0.15, 0.2) is 22.7 Å². The van der Waals surface area contributed by atoms with E-state index in [0.29, 0.717) is 28.9 Å². The topological polar surface area (TPSA) is 97.0 Å². The minimum atomic E-state index is -0.831. The zero-order valence-electron chi connectivity index (χ0n) is 17.3. The van der Waals surface area contributed by atoms with E-state index in [-0.39, 0.29) is 23.5 Å². The number of amides is 2. The number of nitrogens with one attached hydrogen (secondary N) is 2. The van der Waals surface area contributed by atoms with Crippen molar-refractivity contribution in [3.05, 3.63) is 28.2 Å². The van der Waals surface area contributed by atoms with Crippen LogP contribution in [0, 0.1) is 0 Å². The second kappa shape index (κ2) is 10.9. The number of thiocarbonyl (C=S) groups is 1. The van der Waals surface area contributed by atoms with Crippen molar-refractivity contribution in [1.29, 1.82) is 0 Å². The Balaban J connectivity index is 1.66. The molecule has 0 aromatic heterocycles. The Morgan fingerprint density at radius 2 is 2.03 bits per heavy atom. The monoisotopic (exact) mass is 511 g/mol. The molecule has 1 unspecified atom stereocenters. The summed E-state index contributed by atoms with van der Waals surface area (Å²) in [4.78, 5) is 39.3. The van der Waals surface area contributed by atoms with E-state index in [1.165, 1.54) is 7.11 Å². The summed E-state index contributed by atoms with van der Waals surface area (Å²) in [6.45, 7) is 0.741. The molecule has 2 N–H and O–H groups in total. The van der Waals surface area contributed by atoms with Crippen molar-refractivity contribution in [3.63, 3.8) is 0 Å². The molecule has 2 aliphatic rings. The van der Waals surface area contributed by atoms with Gasteiger partial charge in [0.15, 0.2) is 5.11 Å². The van der Waals surface area contributed by atoms with Crippen LogP contribution in [0.5, 0.6) is 5.75 Å². The van der Waals surface area contributed by atoms with Gasteiger partial charge < -0.3 is 19.7 Å². The fraction of sp³-hybridized carbons (Fsp3) is 0.524. The third-order valence-corrected chi connectivity index (χ3v) is 6.26. The Bertz CT molecular complexity index is 859. The van der Waals surface area contributed by atoms with E-state index in [9.17, 15) is 14.4 Å². The quantitative estimate of drug-likeness (QED) is 0.463. The molecule has 1 aliphatic carbocycles. The predicted molar refractivity (Wildman–Crippen MR) is 122 cm³/mol. The van der Waals surface area contributed by atoms with Gasteiger partial charge in [-0.05, 0) is 56.1 Å². The van der Waals surface area contributed by atoms with E-state index in [1.807, 2.05) is 0 Å². The zero-order chi connectivity index (χ0) is 22.4. The standard InChI is InChI=1S/C21H26BrN3O5S/c1-29-17-8-7-13(22)11-15(17)19(27)24-21(31)25-10-9-23-20(28)16(25)12-18(26)30-14-5-3-2-4-6-14/h7-8,11,14,16H,2-6,9-10,12H2,1H3,(H,23,28)(H,24,27,31). The minimum Gasteiger partial charge on any atom is -0.496 e. The van der Waals surface area contributed by atoms with Gasteiger partial charge in [0, 0.05) is 17.6 Å². The molecule has 0 spiro atoms. The number of piperazine rings is 1. The molecule has 0 radical (unpaired) electrons. The summed E-state index contributed by atoms with van der Waals surface area (Å²) in [6.07, 6.45) is 4.75. The first-order chi connectivity index (χ1) is 14.9. The number of carbonyl (C=O) groups is 3. The van der Waals surface area contributed by atoms with Crippen molar-refractivity contribution in [1.82, 2.24) is 15.5 Å². The number of hydrogen-bond donors (Lipinski definition) is 2. The average molecular weight is 512 g/mol. The van der Waals surface area contributed by atoms with Crippen LogP contribution >= 0.6 is 28.1 Å². The number of benzene rings is 1. The smallest absolute Gasteiger partial charge is 0.308 e.